The molecular formula is C25H19F3N4O3. The fourth-order valence-electron chi connectivity index (χ4n) is 3.18. The number of ether oxygens (including phenoxy) is 2. The zero-order chi connectivity index (χ0) is 24.8. The number of aromatic nitrogens is 3. The molecule has 178 valence electrons. The van der Waals surface area contributed by atoms with Gasteiger partial charge in [0.2, 0.25) is 0 Å². The molecule has 1 atom stereocenters. The highest BCUT2D eigenvalue weighted by molar-refractivity contribution is 5.85. The maximum atomic E-state index is 12.3. The topological polar surface area (TPSA) is 78.3 Å². The van der Waals surface area contributed by atoms with Crippen molar-refractivity contribution in [3.8, 4) is 22.8 Å². The summed E-state index contributed by atoms with van der Waals surface area (Å²) in [4.78, 5) is 16.5. The predicted molar refractivity (Wildman–Crippen MR) is 123 cm³/mol. The lowest BCUT2D eigenvalue weighted by Crippen LogP contribution is -2.17. The number of halogens is 3. The van der Waals surface area contributed by atoms with E-state index in [2.05, 4.69) is 26.7 Å². The standard InChI is InChI=1S/C25H19F3N4O3/c1-2-22(17-6-4-3-5-7-17)34-24(33)30-19-10-8-18(9-11-19)23-29-16-32(31-23)20-12-14-21(15-13-20)35-25(26,27)28/h2-16,22H,1H2,(H,30,33). The zero-order valence-corrected chi connectivity index (χ0v) is 18.1. The largest absolute Gasteiger partial charge is 0.573 e. The first-order valence-corrected chi connectivity index (χ1v) is 10.3. The van der Waals surface area contributed by atoms with Crippen LogP contribution in [0.15, 0.2) is 97.8 Å². The quantitative estimate of drug-likeness (QED) is 0.314. The van der Waals surface area contributed by atoms with Crippen LogP contribution < -0.4 is 10.1 Å². The van der Waals surface area contributed by atoms with Crippen LogP contribution in [-0.2, 0) is 4.74 Å². The fraction of sp³-hybridized carbons (Fsp3) is 0.0800. The molecule has 1 amide bonds. The molecule has 1 heterocycles. The Morgan fingerprint density at radius 1 is 1.00 bits per heavy atom. The maximum Gasteiger partial charge on any atom is 0.573 e. The molecule has 0 saturated heterocycles. The number of rotatable bonds is 7. The third-order valence-corrected chi connectivity index (χ3v) is 4.79. The van der Waals surface area contributed by atoms with Crippen LogP contribution in [0.3, 0.4) is 0 Å². The average Bonchev–Trinajstić information content (AvgIpc) is 3.33. The molecule has 0 fully saturated rings. The Morgan fingerprint density at radius 3 is 2.31 bits per heavy atom. The molecule has 0 radical (unpaired) electrons. The molecule has 4 rings (SSSR count). The molecule has 0 saturated carbocycles. The molecule has 10 heteroatoms. The first-order valence-electron chi connectivity index (χ1n) is 10.3. The van der Waals surface area contributed by atoms with Crippen LogP contribution in [-0.4, -0.2) is 27.2 Å². The number of benzene rings is 3. The second-order valence-electron chi connectivity index (χ2n) is 7.23. The second-order valence-corrected chi connectivity index (χ2v) is 7.23. The van der Waals surface area contributed by atoms with Crippen molar-refractivity contribution in [1.29, 1.82) is 0 Å². The molecule has 0 aliphatic carbocycles. The second kappa shape index (κ2) is 10.1. The van der Waals surface area contributed by atoms with E-state index < -0.39 is 18.6 Å². The van der Waals surface area contributed by atoms with E-state index in [1.54, 1.807) is 24.3 Å². The smallest absolute Gasteiger partial charge is 0.437 e. The molecule has 7 nitrogen and oxygen atoms in total. The third kappa shape index (κ3) is 6.26. The van der Waals surface area contributed by atoms with Gasteiger partial charge in [-0.15, -0.1) is 18.3 Å². The minimum atomic E-state index is -4.76. The molecule has 0 bridgehead atoms. The molecule has 1 N–H and O–H groups in total. The van der Waals surface area contributed by atoms with E-state index in [0.717, 1.165) is 5.56 Å². The summed E-state index contributed by atoms with van der Waals surface area (Å²) in [5.41, 5.74) is 2.49. The van der Waals surface area contributed by atoms with E-state index in [1.807, 2.05) is 30.3 Å². The predicted octanol–water partition coefficient (Wildman–Crippen LogP) is 6.31. The van der Waals surface area contributed by atoms with Crippen molar-refractivity contribution in [2.45, 2.75) is 12.5 Å². The van der Waals surface area contributed by atoms with Gasteiger partial charge in [-0.1, -0.05) is 36.9 Å². The number of carbonyl (C=O) groups is 1. The number of anilines is 1. The Labute approximate surface area is 198 Å². The molecule has 0 spiro atoms. The van der Waals surface area contributed by atoms with Gasteiger partial charge in [0.15, 0.2) is 5.82 Å². The van der Waals surface area contributed by atoms with Gasteiger partial charge < -0.3 is 9.47 Å². The van der Waals surface area contributed by atoms with Crippen LogP contribution in [0.5, 0.6) is 5.75 Å². The lowest BCUT2D eigenvalue weighted by molar-refractivity contribution is -0.274. The van der Waals surface area contributed by atoms with Crippen molar-refractivity contribution >= 4 is 11.8 Å². The van der Waals surface area contributed by atoms with E-state index in [0.29, 0.717) is 22.8 Å². The van der Waals surface area contributed by atoms with E-state index in [1.165, 1.54) is 41.4 Å². The van der Waals surface area contributed by atoms with Crippen LogP contribution >= 0.6 is 0 Å². The van der Waals surface area contributed by atoms with Crippen molar-refractivity contribution in [2.24, 2.45) is 0 Å². The molecule has 0 aliphatic heterocycles. The van der Waals surface area contributed by atoms with Crippen molar-refractivity contribution < 1.29 is 27.4 Å². The van der Waals surface area contributed by atoms with Crippen LogP contribution in [0, 0.1) is 0 Å². The molecule has 1 unspecified atom stereocenters. The van der Waals surface area contributed by atoms with Crippen LogP contribution in [0.4, 0.5) is 23.7 Å². The molecule has 3 aromatic carbocycles. The lowest BCUT2D eigenvalue weighted by atomic mass is 10.1. The first-order chi connectivity index (χ1) is 16.8. The highest BCUT2D eigenvalue weighted by Gasteiger charge is 2.31. The zero-order valence-electron chi connectivity index (χ0n) is 18.1. The lowest BCUT2D eigenvalue weighted by Gasteiger charge is -2.15. The van der Waals surface area contributed by atoms with E-state index >= 15 is 0 Å². The summed E-state index contributed by atoms with van der Waals surface area (Å²) in [6.45, 7) is 3.71. The normalized spacial score (nSPS) is 12.0. The van der Waals surface area contributed by atoms with Crippen molar-refractivity contribution in [2.75, 3.05) is 5.32 Å². The number of nitrogens with one attached hydrogen (secondary N) is 1. The van der Waals surface area contributed by atoms with Crippen molar-refractivity contribution in [3.05, 3.63) is 103 Å². The maximum absolute atomic E-state index is 12.3. The van der Waals surface area contributed by atoms with Gasteiger partial charge in [0.1, 0.15) is 18.2 Å². The Hall–Kier alpha value is -4.60. The van der Waals surface area contributed by atoms with Crippen molar-refractivity contribution in [3.63, 3.8) is 0 Å². The molecule has 4 aromatic rings. The Morgan fingerprint density at radius 2 is 1.69 bits per heavy atom. The Kier molecular flexibility index (Phi) is 6.81. The number of nitrogens with zero attached hydrogens (tertiary/aromatic N) is 3. The van der Waals surface area contributed by atoms with Gasteiger partial charge in [-0.3, -0.25) is 5.32 Å². The minimum absolute atomic E-state index is 0.327. The van der Waals surface area contributed by atoms with Crippen LogP contribution in [0.1, 0.15) is 11.7 Å². The van der Waals surface area contributed by atoms with Gasteiger partial charge in [-0.2, -0.15) is 0 Å². The molecule has 1 aromatic heterocycles. The highest BCUT2D eigenvalue weighted by atomic mass is 19.4. The van der Waals surface area contributed by atoms with Crippen LogP contribution in [0.25, 0.3) is 17.1 Å². The van der Waals surface area contributed by atoms with Gasteiger partial charge in [0, 0.05) is 11.3 Å². The summed E-state index contributed by atoms with van der Waals surface area (Å²) in [6.07, 6.45) is -2.99. The molecule has 0 aliphatic rings. The summed E-state index contributed by atoms with van der Waals surface area (Å²) in [6, 6.07) is 21.3. The van der Waals surface area contributed by atoms with Gasteiger partial charge in [-0.05, 0) is 60.2 Å². The van der Waals surface area contributed by atoms with E-state index in [9.17, 15) is 18.0 Å². The number of amides is 1. The van der Waals surface area contributed by atoms with Gasteiger partial charge in [-0.25, -0.2) is 14.5 Å². The Balaban J connectivity index is 1.38. The highest BCUT2D eigenvalue weighted by Crippen LogP contribution is 2.25. The summed E-state index contributed by atoms with van der Waals surface area (Å²) >= 11 is 0. The number of alkyl halides is 3. The van der Waals surface area contributed by atoms with Gasteiger partial charge in [0.25, 0.3) is 0 Å². The van der Waals surface area contributed by atoms with E-state index in [-0.39, 0.29) is 5.75 Å². The van der Waals surface area contributed by atoms with Crippen LogP contribution in [0.2, 0.25) is 0 Å². The number of carbonyl (C=O) groups excluding carboxylic acids is 1. The van der Waals surface area contributed by atoms with E-state index in [4.69, 9.17) is 4.74 Å². The summed E-state index contributed by atoms with van der Waals surface area (Å²) in [7, 11) is 0. The van der Waals surface area contributed by atoms with Gasteiger partial charge >= 0.3 is 12.5 Å². The SMILES string of the molecule is C=CC(OC(=O)Nc1ccc(-c2ncn(-c3ccc(OC(F)(F)F)cc3)n2)cc1)c1ccccc1. The Bertz CT molecular complexity index is 1290. The number of hydrogen-bond acceptors (Lipinski definition) is 5. The summed E-state index contributed by atoms with van der Waals surface area (Å²) in [5, 5.41) is 7.01. The van der Waals surface area contributed by atoms with Gasteiger partial charge in [0.05, 0.1) is 5.69 Å². The monoisotopic (exact) mass is 480 g/mol. The molecular weight excluding hydrogens is 461 g/mol. The van der Waals surface area contributed by atoms with Crippen molar-refractivity contribution in [1.82, 2.24) is 14.8 Å². The fourth-order valence-corrected chi connectivity index (χ4v) is 3.18. The minimum Gasteiger partial charge on any atom is -0.437 e. The summed E-state index contributed by atoms with van der Waals surface area (Å²) < 4.78 is 47.7. The number of hydrogen-bond donors (Lipinski definition) is 1. The molecule has 35 heavy (non-hydrogen) atoms. The first kappa shape index (κ1) is 23.6. The third-order valence-electron chi connectivity index (χ3n) is 4.79. The average molecular weight is 480 g/mol. The summed E-state index contributed by atoms with van der Waals surface area (Å²) in [5.74, 6) is 0.0666.